The second kappa shape index (κ2) is 14.3. The van der Waals surface area contributed by atoms with Crippen LogP contribution in [-0.4, -0.2) is 93.7 Å². The molecule has 51 heavy (non-hydrogen) atoms. The average molecular weight is 738 g/mol. The Kier molecular flexibility index (Phi) is 9.67. The van der Waals surface area contributed by atoms with Crippen LogP contribution >= 0.6 is 22.9 Å². The molecule has 2 atom stereocenters. The van der Waals surface area contributed by atoms with Gasteiger partial charge in [0.1, 0.15) is 23.4 Å². The second-order valence-electron chi connectivity index (χ2n) is 11.9. The number of fused-ring (bicyclic) bond motifs is 1. The number of carbonyl (C=O) groups is 2. The number of thiazole rings is 1. The Morgan fingerprint density at radius 2 is 1.96 bits per heavy atom. The van der Waals surface area contributed by atoms with E-state index in [0.29, 0.717) is 54.1 Å². The number of ether oxygens (including phenoxy) is 2. The zero-order valence-corrected chi connectivity index (χ0v) is 28.4. The van der Waals surface area contributed by atoms with Gasteiger partial charge in [0.2, 0.25) is 0 Å². The highest BCUT2D eigenvalue weighted by atomic mass is 35.5. The molecule has 0 spiro atoms. The number of benzene rings is 2. The highest BCUT2D eigenvalue weighted by Gasteiger charge is 2.43. The van der Waals surface area contributed by atoms with E-state index in [0.717, 1.165) is 6.07 Å². The molecule has 0 saturated carbocycles. The molecule has 0 bridgehead atoms. The van der Waals surface area contributed by atoms with Crippen LogP contribution in [-0.2, 0) is 9.53 Å². The van der Waals surface area contributed by atoms with Crippen LogP contribution < -0.4 is 15.0 Å². The van der Waals surface area contributed by atoms with E-state index in [-0.39, 0.29) is 46.3 Å². The molecule has 3 N–H and O–H groups in total. The number of aliphatic hydroxyl groups is 2. The molecule has 264 valence electrons. The third kappa shape index (κ3) is 7.00. The lowest BCUT2D eigenvalue weighted by Crippen LogP contribution is -2.53. The molecule has 5 heterocycles. The Morgan fingerprint density at radius 3 is 2.65 bits per heavy atom. The molecule has 0 radical (unpaired) electrons. The van der Waals surface area contributed by atoms with Gasteiger partial charge in [-0.3, -0.25) is 14.8 Å². The molecule has 7 rings (SSSR count). The van der Waals surface area contributed by atoms with Crippen LogP contribution in [0, 0.1) is 11.6 Å². The molecule has 2 aromatic carbocycles. The first-order valence-corrected chi connectivity index (χ1v) is 17.0. The predicted octanol–water partition coefficient (Wildman–Crippen LogP) is 4.39. The Balaban J connectivity index is 1.09. The highest BCUT2D eigenvalue weighted by Crippen LogP contribution is 2.37. The van der Waals surface area contributed by atoms with Gasteiger partial charge in [0, 0.05) is 59.6 Å². The molecule has 3 aliphatic heterocycles. The summed E-state index contributed by atoms with van der Waals surface area (Å²) in [6, 6.07) is 9.38. The summed E-state index contributed by atoms with van der Waals surface area (Å²) >= 11 is 7.84. The third-order valence-corrected chi connectivity index (χ3v) is 9.83. The van der Waals surface area contributed by atoms with E-state index in [1.165, 1.54) is 55.0 Å². The first-order chi connectivity index (χ1) is 24.6. The first-order valence-electron chi connectivity index (χ1n) is 15.7. The van der Waals surface area contributed by atoms with Crippen molar-refractivity contribution in [2.24, 2.45) is 4.99 Å². The fourth-order valence-electron chi connectivity index (χ4n) is 6.28. The SMILES string of the molecule is COC(=O)C1=C(CN2CCN3C(=O)N(c4ccc(Oc5ccc(C(O)O)cc5F)cn4)C[C@@H]3C2)NC(c2nccs2)=N[C@H]1c1ccc(F)cc1Cl. The predicted molar refractivity (Wildman–Crippen MR) is 183 cm³/mol. The van der Waals surface area contributed by atoms with E-state index in [1.54, 1.807) is 33.5 Å². The maximum absolute atomic E-state index is 14.4. The zero-order chi connectivity index (χ0) is 35.8. The smallest absolute Gasteiger partial charge is 0.338 e. The fourth-order valence-corrected chi connectivity index (χ4v) is 7.14. The molecule has 13 nitrogen and oxygen atoms in total. The molecule has 2 fully saturated rings. The number of esters is 1. The number of amides is 2. The van der Waals surface area contributed by atoms with E-state index in [1.807, 2.05) is 0 Å². The number of nitrogens with one attached hydrogen (secondary N) is 1. The molecule has 3 aliphatic rings. The summed E-state index contributed by atoms with van der Waals surface area (Å²) < 4.78 is 39.2. The van der Waals surface area contributed by atoms with Crippen molar-refractivity contribution >= 4 is 46.6 Å². The lowest BCUT2D eigenvalue weighted by atomic mass is 9.95. The van der Waals surface area contributed by atoms with Crippen LogP contribution in [0.3, 0.4) is 0 Å². The number of hydrogen-bond donors (Lipinski definition) is 3. The number of amidine groups is 1. The van der Waals surface area contributed by atoms with Crippen molar-refractivity contribution in [3.05, 3.63) is 110 Å². The van der Waals surface area contributed by atoms with Gasteiger partial charge in [-0.05, 0) is 36.4 Å². The van der Waals surface area contributed by atoms with Gasteiger partial charge in [0.15, 0.2) is 28.7 Å². The standard InChI is InChI=1S/C34H30ClF2N7O6S/c1-49-33(47)28-25(40-30(31-38-8-11-51-31)41-29(28)22-5-3-19(36)13-23(22)35)17-42-9-10-43-20(15-42)16-44(34(43)48)27-7-4-21(14-39-27)50-26-6-2-18(32(45)46)12-24(26)37/h2-8,11-14,20,29,32,45-46H,9-10,15-17H2,1H3,(H,40,41)/t20-,29-/m0/s1. The number of rotatable bonds is 9. The average Bonchev–Trinajstić information content (AvgIpc) is 3.77. The normalized spacial score (nSPS) is 19.3. The van der Waals surface area contributed by atoms with Gasteiger partial charge in [-0.1, -0.05) is 23.7 Å². The van der Waals surface area contributed by atoms with Crippen molar-refractivity contribution in [3.63, 3.8) is 0 Å². The summed E-state index contributed by atoms with van der Waals surface area (Å²) in [6.07, 6.45) is 1.21. The highest BCUT2D eigenvalue weighted by molar-refractivity contribution is 7.11. The number of carbonyl (C=O) groups excluding carboxylic acids is 2. The van der Waals surface area contributed by atoms with Crippen molar-refractivity contribution in [2.75, 3.05) is 44.7 Å². The van der Waals surface area contributed by atoms with Crippen LogP contribution in [0.2, 0.25) is 5.02 Å². The van der Waals surface area contributed by atoms with E-state index < -0.39 is 29.9 Å². The topological polar surface area (TPSA) is 153 Å². The number of anilines is 1. The molecule has 2 saturated heterocycles. The quantitative estimate of drug-likeness (QED) is 0.167. The molecule has 2 amide bonds. The van der Waals surface area contributed by atoms with Crippen LogP contribution in [0.25, 0.3) is 0 Å². The Morgan fingerprint density at radius 1 is 1.12 bits per heavy atom. The molecule has 2 aromatic heterocycles. The first kappa shape index (κ1) is 34.4. The lowest BCUT2D eigenvalue weighted by Gasteiger charge is -2.38. The van der Waals surface area contributed by atoms with Crippen molar-refractivity contribution in [1.29, 1.82) is 0 Å². The number of pyridine rings is 1. The van der Waals surface area contributed by atoms with E-state index in [9.17, 15) is 28.6 Å². The summed E-state index contributed by atoms with van der Waals surface area (Å²) in [6.45, 7) is 2.02. The minimum absolute atomic E-state index is 0.0140. The van der Waals surface area contributed by atoms with Gasteiger partial charge in [0.05, 0.1) is 31.5 Å². The summed E-state index contributed by atoms with van der Waals surface area (Å²) in [4.78, 5) is 45.8. The lowest BCUT2D eigenvalue weighted by molar-refractivity contribution is -0.136. The number of piperazine rings is 1. The van der Waals surface area contributed by atoms with Crippen LogP contribution in [0.15, 0.2) is 82.6 Å². The number of hydrogen-bond acceptors (Lipinski definition) is 12. The van der Waals surface area contributed by atoms with Crippen molar-refractivity contribution < 1.29 is 38.1 Å². The van der Waals surface area contributed by atoms with Gasteiger partial charge in [0.25, 0.3) is 0 Å². The Labute approximate surface area is 299 Å². The maximum atomic E-state index is 14.4. The number of urea groups is 1. The summed E-state index contributed by atoms with van der Waals surface area (Å²) in [7, 11) is 1.28. The number of methoxy groups -OCH3 is 1. The number of halogens is 3. The van der Waals surface area contributed by atoms with Crippen molar-refractivity contribution in [2.45, 2.75) is 18.4 Å². The molecule has 0 unspecified atom stereocenters. The molecular formula is C34H30ClF2N7O6S. The minimum Gasteiger partial charge on any atom is -0.466 e. The van der Waals surface area contributed by atoms with Crippen LogP contribution in [0.4, 0.5) is 19.4 Å². The number of aliphatic imine (C=N–C) groups is 1. The van der Waals surface area contributed by atoms with Crippen LogP contribution in [0.5, 0.6) is 11.5 Å². The monoisotopic (exact) mass is 737 g/mol. The molecule has 0 aliphatic carbocycles. The Hall–Kier alpha value is -5.00. The zero-order valence-electron chi connectivity index (χ0n) is 26.9. The fraction of sp³-hybridized carbons (Fsp3) is 0.265. The van der Waals surface area contributed by atoms with Crippen LogP contribution in [0.1, 0.15) is 28.5 Å². The largest absolute Gasteiger partial charge is 0.466 e. The summed E-state index contributed by atoms with van der Waals surface area (Å²) in [5, 5.41) is 24.3. The minimum atomic E-state index is -1.81. The second-order valence-corrected chi connectivity index (χ2v) is 13.2. The van der Waals surface area contributed by atoms with Crippen molar-refractivity contribution in [3.8, 4) is 11.5 Å². The molecule has 4 aromatic rings. The Bertz CT molecular complexity index is 2030. The van der Waals surface area contributed by atoms with Gasteiger partial charge in [-0.25, -0.2) is 28.3 Å². The van der Waals surface area contributed by atoms with Gasteiger partial charge in [-0.15, -0.1) is 11.3 Å². The number of nitrogens with zero attached hydrogens (tertiary/aromatic N) is 6. The maximum Gasteiger partial charge on any atom is 0.338 e. The number of aromatic nitrogens is 2. The van der Waals surface area contributed by atoms with Crippen molar-refractivity contribution in [1.82, 2.24) is 25.1 Å². The van der Waals surface area contributed by atoms with Gasteiger partial charge in [-0.2, -0.15) is 0 Å². The van der Waals surface area contributed by atoms with Gasteiger partial charge >= 0.3 is 12.0 Å². The summed E-state index contributed by atoms with van der Waals surface area (Å²) in [5.41, 5.74) is 1.17. The van der Waals surface area contributed by atoms with E-state index >= 15 is 0 Å². The van der Waals surface area contributed by atoms with Gasteiger partial charge < -0.3 is 29.9 Å². The third-order valence-electron chi connectivity index (χ3n) is 8.72. The molecule has 17 heteroatoms. The van der Waals surface area contributed by atoms with E-state index in [2.05, 4.69) is 20.2 Å². The molecular weight excluding hydrogens is 708 g/mol. The van der Waals surface area contributed by atoms with E-state index in [4.69, 9.17) is 26.1 Å². The summed E-state index contributed by atoms with van der Waals surface area (Å²) in [5.74, 6) is -1.000. The number of aliphatic hydroxyl groups excluding tert-OH is 1.